The van der Waals surface area contributed by atoms with Crippen LogP contribution in [0.1, 0.15) is 25.8 Å². The minimum Gasteiger partial charge on any atom is -0.481 e. The Hall–Kier alpha value is -3.97. The van der Waals surface area contributed by atoms with E-state index in [0.717, 1.165) is 10.9 Å². The van der Waals surface area contributed by atoms with Gasteiger partial charge in [-0.2, -0.15) is 0 Å². The summed E-state index contributed by atoms with van der Waals surface area (Å²) in [6, 6.07) is 1.61. The Morgan fingerprint density at radius 1 is 0.943 bits per heavy atom. The van der Waals surface area contributed by atoms with Gasteiger partial charge in [-0.05, 0) is 25.5 Å². The second-order valence-corrected chi connectivity index (χ2v) is 8.14. The Bertz CT molecular complexity index is 1100. The molecular formula is C22H29N5O8. The number of aromatic amines is 1. The molecule has 0 aliphatic heterocycles. The van der Waals surface area contributed by atoms with Crippen LogP contribution in [0.3, 0.4) is 0 Å². The van der Waals surface area contributed by atoms with Crippen LogP contribution in [0.2, 0.25) is 0 Å². The quantitative estimate of drug-likeness (QED) is 0.172. The molecule has 1 aromatic carbocycles. The van der Waals surface area contributed by atoms with Crippen LogP contribution in [0.5, 0.6) is 0 Å². The number of hydrogen-bond donors (Lipinski definition) is 8. The fourth-order valence-corrected chi connectivity index (χ4v) is 3.33. The van der Waals surface area contributed by atoms with Gasteiger partial charge in [-0.1, -0.05) is 18.2 Å². The SMILES string of the molecule is CC(N)C(=O)NC(C(=O)NC(Cc1c[nH]c2ccccc12)C(=O)NC(CC(=O)O)C(=O)O)C(C)O. The molecule has 3 amide bonds. The first kappa shape index (κ1) is 27.3. The Labute approximate surface area is 200 Å². The number of carbonyl (C=O) groups is 5. The lowest BCUT2D eigenvalue weighted by Gasteiger charge is -2.26. The second-order valence-electron chi connectivity index (χ2n) is 8.14. The highest BCUT2D eigenvalue weighted by Gasteiger charge is 2.33. The summed E-state index contributed by atoms with van der Waals surface area (Å²) in [6.07, 6.45) is -0.717. The summed E-state index contributed by atoms with van der Waals surface area (Å²) < 4.78 is 0. The van der Waals surface area contributed by atoms with Crippen molar-refractivity contribution >= 4 is 40.6 Å². The van der Waals surface area contributed by atoms with E-state index in [-0.39, 0.29) is 6.42 Å². The van der Waals surface area contributed by atoms with E-state index in [0.29, 0.717) is 5.56 Å². The fraction of sp³-hybridized carbons (Fsp3) is 0.409. The Kier molecular flexibility index (Phi) is 9.31. The summed E-state index contributed by atoms with van der Waals surface area (Å²) in [7, 11) is 0. The van der Waals surface area contributed by atoms with E-state index in [1.807, 2.05) is 0 Å². The largest absolute Gasteiger partial charge is 0.481 e. The zero-order valence-corrected chi connectivity index (χ0v) is 19.1. The molecule has 1 heterocycles. The monoisotopic (exact) mass is 491 g/mol. The number of H-pyrrole nitrogens is 1. The summed E-state index contributed by atoms with van der Waals surface area (Å²) in [5.74, 6) is -5.60. The average Bonchev–Trinajstić information content (AvgIpc) is 3.18. The van der Waals surface area contributed by atoms with Crippen molar-refractivity contribution in [1.82, 2.24) is 20.9 Å². The van der Waals surface area contributed by atoms with Gasteiger partial charge in [-0.25, -0.2) is 4.79 Å². The van der Waals surface area contributed by atoms with Crippen molar-refractivity contribution in [2.45, 2.75) is 57.0 Å². The highest BCUT2D eigenvalue weighted by atomic mass is 16.4. The van der Waals surface area contributed by atoms with E-state index in [9.17, 15) is 34.2 Å². The molecule has 0 fully saturated rings. The van der Waals surface area contributed by atoms with E-state index in [4.69, 9.17) is 10.8 Å². The van der Waals surface area contributed by atoms with Crippen molar-refractivity contribution in [3.63, 3.8) is 0 Å². The number of carbonyl (C=O) groups excluding carboxylic acids is 3. The van der Waals surface area contributed by atoms with Gasteiger partial charge in [0.05, 0.1) is 18.6 Å². The molecule has 5 unspecified atom stereocenters. The van der Waals surface area contributed by atoms with Crippen LogP contribution < -0.4 is 21.7 Å². The van der Waals surface area contributed by atoms with Gasteiger partial charge in [0, 0.05) is 23.5 Å². The molecular weight excluding hydrogens is 462 g/mol. The number of aliphatic hydroxyl groups is 1. The van der Waals surface area contributed by atoms with Gasteiger partial charge < -0.3 is 42.0 Å². The molecule has 35 heavy (non-hydrogen) atoms. The smallest absolute Gasteiger partial charge is 0.326 e. The Balaban J connectivity index is 2.33. The van der Waals surface area contributed by atoms with E-state index in [1.165, 1.54) is 13.8 Å². The first-order valence-corrected chi connectivity index (χ1v) is 10.7. The summed E-state index contributed by atoms with van der Waals surface area (Å²) in [4.78, 5) is 63.3. The normalized spacial score (nSPS) is 15.3. The molecule has 1 aromatic heterocycles. The van der Waals surface area contributed by atoms with Crippen LogP contribution in [-0.4, -0.2) is 80.2 Å². The van der Waals surface area contributed by atoms with E-state index in [2.05, 4.69) is 20.9 Å². The lowest BCUT2D eigenvalue weighted by molar-refractivity contribution is -0.147. The molecule has 2 aromatic rings. The van der Waals surface area contributed by atoms with Gasteiger partial charge in [0.2, 0.25) is 17.7 Å². The number of aromatic nitrogens is 1. The maximum absolute atomic E-state index is 13.0. The first-order chi connectivity index (χ1) is 16.4. The number of carboxylic acid groups (broad SMARTS) is 2. The number of benzene rings is 1. The average molecular weight is 492 g/mol. The number of amides is 3. The van der Waals surface area contributed by atoms with Crippen LogP contribution in [0.15, 0.2) is 30.5 Å². The number of carboxylic acids is 2. The number of fused-ring (bicyclic) bond motifs is 1. The first-order valence-electron chi connectivity index (χ1n) is 10.7. The molecule has 5 atom stereocenters. The van der Waals surface area contributed by atoms with Gasteiger partial charge in [0.1, 0.15) is 18.1 Å². The van der Waals surface area contributed by atoms with Gasteiger partial charge in [-0.3, -0.25) is 19.2 Å². The molecule has 0 aliphatic carbocycles. The van der Waals surface area contributed by atoms with Crippen molar-refractivity contribution in [3.05, 3.63) is 36.0 Å². The molecule has 9 N–H and O–H groups in total. The summed E-state index contributed by atoms with van der Waals surface area (Å²) in [6.45, 7) is 2.64. The number of nitrogens with two attached hydrogens (primary N) is 1. The predicted molar refractivity (Wildman–Crippen MR) is 123 cm³/mol. The lowest BCUT2D eigenvalue weighted by Crippen LogP contribution is -2.60. The van der Waals surface area contributed by atoms with Crippen LogP contribution in [0.25, 0.3) is 10.9 Å². The minimum atomic E-state index is -1.74. The lowest BCUT2D eigenvalue weighted by atomic mass is 10.0. The predicted octanol–water partition coefficient (Wildman–Crippen LogP) is -1.55. The Morgan fingerprint density at radius 2 is 1.57 bits per heavy atom. The van der Waals surface area contributed by atoms with E-state index in [1.54, 1.807) is 30.5 Å². The van der Waals surface area contributed by atoms with Crippen molar-refractivity contribution in [2.24, 2.45) is 5.73 Å². The number of para-hydroxylation sites is 1. The molecule has 2 rings (SSSR count). The van der Waals surface area contributed by atoms with Crippen LogP contribution in [0.4, 0.5) is 0 Å². The van der Waals surface area contributed by atoms with Gasteiger partial charge in [0.15, 0.2) is 0 Å². The van der Waals surface area contributed by atoms with E-state index >= 15 is 0 Å². The number of rotatable bonds is 12. The highest BCUT2D eigenvalue weighted by Crippen LogP contribution is 2.19. The summed E-state index contributed by atoms with van der Waals surface area (Å²) in [5, 5.41) is 35.8. The third-order valence-electron chi connectivity index (χ3n) is 5.20. The number of nitrogens with one attached hydrogen (secondary N) is 4. The molecule has 0 spiro atoms. The maximum Gasteiger partial charge on any atom is 0.326 e. The molecule has 0 bridgehead atoms. The Morgan fingerprint density at radius 3 is 2.14 bits per heavy atom. The zero-order chi connectivity index (χ0) is 26.3. The van der Waals surface area contributed by atoms with Gasteiger partial charge in [0.25, 0.3) is 0 Å². The maximum atomic E-state index is 13.0. The third-order valence-corrected chi connectivity index (χ3v) is 5.20. The van der Waals surface area contributed by atoms with Crippen molar-refractivity contribution in [2.75, 3.05) is 0 Å². The second kappa shape index (κ2) is 11.9. The molecule has 0 saturated carbocycles. The molecule has 0 aliphatic rings. The molecule has 190 valence electrons. The topological polar surface area (TPSA) is 224 Å². The van der Waals surface area contributed by atoms with Crippen molar-refractivity contribution in [1.29, 1.82) is 0 Å². The van der Waals surface area contributed by atoms with Crippen LogP contribution in [-0.2, 0) is 30.4 Å². The highest BCUT2D eigenvalue weighted by molar-refractivity contribution is 5.95. The number of aliphatic hydroxyl groups excluding tert-OH is 1. The third kappa shape index (κ3) is 7.52. The van der Waals surface area contributed by atoms with Crippen molar-refractivity contribution < 1.29 is 39.3 Å². The van der Waals surface area contributed by atoms with Gasteiger partial charge >= 0.3 is 11.9 Å². The van der Waals surface area contributed by atoms with Crippen LogP contribution in [0, 0.1) is 0 Å². The van der Waals surface area contributed by atoms with E-state index < -0.39 is 66.4 Å². The molecule has 13 heteroatoms. The standard InChI is InChI=1S/C22H29N5O8/c1-10(23)19(31)27-18(11(2)28)21(33)25-15(20(32)26-16(22(34)35)8-17(29)30)7-12-9-24-14-6-4-3-5-13(12)14/h3-6,9-11,15-16,18,24,28H,7-8,23H2,1-2H3,(H,25,33)(H,26,32)(H,27,31)(H,29,30)(H,34,35). The zero-order valence-electron chi connectivity index (χ0n) is 19.1. The van der Waals surface area contributed by atoms with Crippen molar-refractivity contribution in [3.8, 4) is 0 Å². The summed E-state index contributed by atoms with van der Waals surface area (Å²) >= 11 is 0. The minimum absolute atomic E-state index is 0.102. The van der Waals surface area contributed by atoms with Gasteiger partial charge in [-0.15, -0.1) is 0 Å². The van der Waals surface area contributed by atoms with Crippen LogP contribution >= 0.6 is 0 Å². The molecule has 13 nitrogen and oxygen atoms in total. The molecule has 0 radical (unpaired) electrons. The number of aliphatic carboxylic acids is 2. The molecule has 0 saturated heterocycles. The number of hydrogen-bond acceptors (Lipinski definition) is 7. The fourth-order valence-electron chi connectivity index (χ4n) is 3.33. The summed E-state index contributed by atoms with van der Waals surface area (Å²) in [5.41, 5.74) is 6.87.